The molecule has 1 saturated heterocycles. The van der Waals surface area contributed by atoms with E-state index >= 15 is 0 Å². The Morgan fingerprint density at radius 1 is 1.38 bits per heavy atom. The third-order valence-electron chi connectivity index (χ3n) is 2.57. The monoisotopic (exact) mass is 240 g/mol. The van der Waals surface area contributed by atoms with Gasteiger partial charge in [0.1, 0.15) is 6.10 Å². The van der Waals surface area contributed by atoms with Crippen molar-refractivity contribution < 1.29 is 14.6 Å². The molecular weight excluding hydrogens is 224 g/mol. The van der Waals surface area contributed by atoms with Gasteiger partial charge in [0.15, 0.2) is 11.5 Å². The lowest BCUT2D eigenvalue weighted by Gasteiger charge is -2.27. The molecule has 1 aliphatic rings. The smallest absolute Gasteiger partial charge is 0.162 e. The van der Waals surface area contributed by atoms with E-state index in [4.69, 9.17) is 9.47 Å². The van der Waals surface area contributed by atoms with Crippen LogP contribution in [0.5, 0.6) is 11.5 Å². The molecule has 0 aromatic heterocycles. The third-order valence-corrected chi connectivity index (χ3v) is 3.79. The zero-order valence-electron chi connectivity index (χ0n) is 9.47. The molecule has 1 N–H and O–H groups in total. The summed E-state index contributed by atoms with van der Waals surface area (Å²) in [7, 11) is 1.62. The predicted octanol–water partition coefficient (Wildman–Crippen LogP) is 2.24. The number of hydrogen-bond acceptors (Lipinski definition) is 4. The van der Waals surface area contributed by atoms with Crippen LogP contribution in [0, 0.1) is 0 Å². The van der Waals surface area contributed by atoms with E-state index in [0.717, 1.165) is 28.6 Å². The molecule has 0 radical (unpaired) electrons. The van der Waals surface area contributed by atoms with Gasteiger partial charge in [-0.3, -0.25) is 0 Å². The summed E-state index contributed by atoms with van der Waals surface area (Å²) in [6.07, 6.45) is -0.202. The molecule has 0 bridgehead atoms. The SMILES string of the molecule is COc1ccc(C(C)O)cc1OC1CSC1. The summed E-state index contributed by atoms with van der Waals surface area (Å²) in [6.45, 7) is 1.74. The highest BCUT2D eigenvalue weighted by Gasteiger charge is 2.21. The Labute approximate surface area is 99.8 Å². The molecular formula is C12H16O3S. The molecule has 1 unspecified atom stereocenters. The van der Waals surface area contributed by atoms with Crippen LogP contribution in [-0.2, 0) is 0 Å². The first kappa shape index (κ1) is 11.6. The second-order valence-electron chi connectivity index (χ2n) is 3.86. The van der Waals surface area contributed by atoms with Crippen LogP contribution in [0.15, 0.2) is 18.2 Å². The first-order valence-electron chi connectivity index (χ1n) is 5.31. The van der Waals surface area contributed by atoms with E-state index in [2.05, 4.69) is 0 Å². The first-order valence-corrected chi connectivity index (χ1v) is 6.46. The minimum absolute atomic E-state index is 0.281. The first-order chi connectivity index (χ1) is 7.70. The van der Waals surface area contributed by atoms with Crippen LogP contribution in [0.2, 0.25) is 0 Å². The number of ether oxygens (including phenoxy) is 2. The van der Waals surface area contributed by atoms with E-state index in [0.29, 0.717) is 0 Å². The number of thioether (sulfide) groups is 1. The van der Waals surface area contributed by atoms with Crippen molar-refractivity contribution in [1.29, 1.82) is 0 Å². The van der Waals surface area contributed by atoms with Crippen molar-refractivity contribution in [3.63, 3.8) is 0 Å². The van der Waals surface area contributed by atoms with Crippen molar-refractivity contribution in [2.45, 2.75) is 19.1 Å². The van der Waals surface area contributed by atoms with E-state index in [9.17, 15) is 5.11 Å². The fraction of sp³-hybridized carbons (Fsp3) is 0.500. The number of aliphatic hydroxyl groups is 1. The van der Waals surface area contributed by atoms with Gasteiger partial charge in [0.05, 0.1) is 13.2 Å². The molecule has 0 spiro atoms. The van der Waals surface area contributed by atoms with Crippen LogP contribution < -0.4 is 9.47 Å². The van der Waals surface area contributed by atoms with Crippen molar-refractivity contribution in [3.8, 4) is 11.5 Å². The van der Waals surface area contributed by atoms with Gasteiger partial charge >= 0.3 is 0 Å². The van der Waals surface area contributed by atoms with E-state index in [1.807, 2.05) is 30.0 Å². The average molecular weight is 240 g/mol. The lowest BCUT2D eigenvalue weighted by atomic mass is 10.1. The van der Waals surface area contributed by atoms with E-state index < -0.39 is 6.10 Å². The minimum Gasteiger partial charge on any atom is -0.493 e. The molecule has 1 fully saturated rings. The maximum Gasteiger partial charge on any atom is 0.162 e. The van der Waals surface area contributed by atoms with Crippen LogP contribution >= 0.6 is 11.8 Å². The zero-order chi connectivity index (χ0) is 11.5. The Kier molecular flexibility index (Phi) is 3.61. The maximum atomic E-state index is 9.52. The van der Waals surface area contributed by atoms with Crippen LogP contribution in [0.25, 0.3) is 0 Å². The molecule has 2 rings (SSSR count). The molecule has 1 heterocycles. The standard InChI is InChI=1S/C12H16O3S/c1-8(13)9-3-4-11(14-2)12(5-9)15-10-6-16-7-10/h3-5,8,10,13H,6-7H2,1-2H3. The Morgan fingerprint density at radius 2 is 2.12 bits per heavy atom. The number of hydrogen-bond donors (Lipinski definition) is 1. The normalized spacial score (nSPS) is 17.7. The fourth-order valence-electron chi connectivity index (χ4n) is 1.51. The molecule has 1 aromatic carbocycles. The van der Waals surface area contributed by atoms with Gasteiger partial charge in [-0.1, -0.05) is 6.07 Å². The second kappa shape index (κ2) is 4.97. The van der Waals surface area contributed by atoms with Gasteiger partial charge in [0, 0.05) is 11.5 Å². The minimum atomic E-state index is -0.482. The van der Waals surface area contributed by atoms with Crippen molar-refractivity contribution in [3.05, 3.63) is 23.8 Å². The summed E-state index contributed by atoms with van der Waals surface area (Å²) in [6, 6.07) is 5.54. The predicted molar refractivity (Wildman–Crippen MR) is 65.4 cm³/mol. The van der Waals surface area contributed by atoms with Crippen molar-refractivity contribution in [1.82, 2.24) is 0 Å². The quantitative estimate of drug-likeness (QED) is 0.876. The molecule has 0 amide bonds. The topological polar surface area (TPSA) is 38.7 Å². The van der Waals surface area contributed by atoms with Crippen LogP contribution in [0.4, 0.5) is 0 Å². The third kappa shape index (κ3) is 2.44. The molecule has 0 saturated carbocycles. The van der Waals surface area contributed by atoms with E-state index in [1.165, 1.54) is 0 Å². The summed E-state index contributed by atoms with van der Waals surface area (Å²) < 4.78 is 11.0. The summed E-state index contributed by atoms with van der Waals surface area (Å²) in [5.41, 5.74) is 0.850. The molecule has 3 nitrogen and oxygen atoms in total. The van der Waals surface area contributed by atoms with Gasteiger partial charge in [0.2, 0.25) is 0 Å². The van der Waals surface area contributed by atoms with Gasteiger partial charge in [-0.05, 0) is 24.6 Å². The zero-order valence-corrected chi connectivity index (χ0v) is 10.3. The van der Waals surface area contributed by atoms with E-state index in [1.54, 1.807) is 14.0 Å². The highest BCUT2D eigenvalue weighted by molar-refractivity contribution is 8.00. The van der Waals surface area contributed by atoms with Gasteiger partial charge < -0.3 is 14.6 Å². The Hall–Kier alpha value is -0.870. The summed E-state index contributed by atoms with van der Waals surface area (Å²) in [4.78, 5) is 0. The molecule has 88 valence electrons. The highest BCUT2D eigenvalue weighted by atomic mass is 32.2. The van der Waals surface area contributed by atoms with E-state index in [-0.39, 0.29) is 6.10 Å². The summed E-state index contributed by atoms with van der Waals surface area (Å²) in [5, 5.41) is 9.52. The fourth-order valence-corrected chi connectivity index (χ4v) is 2.07. The van der Waals surface area contributed by atoms with Gasteiger partial charge in [-0.25, -0.2) is 0 Å². The largest absolute Gasteiger partial charge is 0.493 e. The molecule has 1 atom stereocenters. The van der Waals surface area contributed by atoms with Crippen molar-refractivity contribution in [2.24, 2.45) is 0 Å². The van der Waals surface area contributed by atoms with Crippen LogP contribution in [0.1, 0.15) is 18.6 Å². The van der Waals surface area contributed by atoms with Crippen molar-refractivity contribution in [2.75, 3.05) is 18.6 Å². The summed E-state index contributed by atoms with van der Waals surface area (Å²) in [5.74, 6) is 3.51. The van der Waals surface area contributed by atoms with Crippen LogP contribution in [-0.4, -0.2) is 29.8 Å². The molecule has 0 aliphatic carbocycles. The lowest BCUT2D eigenvalue weighted by Crippen LogP contribution is -2.31. The number of benzene rings is 1. The molecule has 4 heteroatoms. The second-order valence-corrected chi connectivity index (χ2v) is 4.94. The highest BCUT2D eigenvalue weighted by Crippen LogP contribution is 2.33. The number of methoxy groups -OCH3 is 1. The van der Waals surface area contributed by atoms with Gasteiger partial charge in [0.25, 0.3) is 0 Å². The average Bonchev–Trinajstić information content (AvgIpc) is 2.23. The van der Waals surface area contributed by atoms with Crippen LogP contribution in [0.3, 0.4) is 0 Å². The number of rotatable bonds is 4. The molecule has 1 aromatic rings. The number of aliphatic hydroxyl groups excluding tert-OH is 1. The molecule has 1 aliphatic heterocycles. The van der Waals surface area contributed by atoms with Gasteiger partial charge in [-0.2, -0.15) is 11.8 Å². The Bertz CT molecular complexity index is 361. The lowest BCUT2D eigenvalue weighted by molar-refractivity contribution is 0.196. The summed E-state index contributed by atoms with van der Waals surface area (Å²) >= 11 is 1.87. The van der Waals surface area contributed by atoms with Gasteiger partial charge in [-0.15, -0.1) is 0 Å². The Balaban J connectivity index is 2.20. The maximum absolute atomic E-state index is 9.52. The molecule has 16 heavy (non-hydrogen) atoms. The van der Waals surface area contributed by atoms with Crippen molar-refractivity contribution >= 4 is 11.8 Å². The Morgan fingerprint density at radius 3 is 2.62 bits per heavy atom.